The maximum Gasteiger partial charge on any atom is 0.0287 e. The van der Waals surface area contributed by atoms with Gasteiger partial charge in [0.25, 0.3) is 0 Å². The zero-order valence-corrected chi connectivity index (χ0v) is 11.9. The van der Waals surface area contributed by atoms with Gasteiger partial charge in [0.05, 0.1) is 0 Å². The van der Waals surface area contributed by atoms with E-state index in [-0.39, 0.29) is 5.54 Å². The highest BCUT2D eigenvalue weighted by atomic mass is 15.0. The molecule has 0 aromatic heterocycles. The van der Waals surface area contributed by atoms with E-state index in [0.29, 0.717) is 6.04 Å². The molecule has 0 radical (unpaired) electrons. The molecule has 1 fully saturated rings. The Morgan fingerprint density at radius 2 is 1.83 bits per heavy atom. The van der Waals surface area contributed by atoms with Crippen LogP contribution in [0.4, 0.5) is 0 Å². The number of nitrogens with one attached hydrogen (secondary N) is 1. The van der Waals surface area contributed by atoms with E-state index in [9.17, 15) is 0 Å². The average Bonchev–Trinajstić information content (AvgIpc) is 2.31. The molecule has 2 rings (SSSR count). The van der Waals surface area contributed by atoms with Gasteiger partial charge in [0.1, 0.15) is 0 Å². The molecule has 0 saturated heterocycles. The Morgan fingerprint density at radius 3 is 2.50 bits per heavy atom. The Labute approximate surface area is 111 Å². The highest BCUT2D eigenvalue weighted by molar-refractivity contribution is 5.54. The predicted octanol–water partition coefficient (Wildman–Crippen LogP) is 4.40. The minimum atomic E-state index is 0.192. The van der Waals surface area contributed by atoms with Crippen LogP contribution in [0.3, 0.4) is 0 Å². The fraction of sp³-hybridized carbons (Fsp3) is 0.529. The summed E-state index contributed by atoms with van der Waals surface area (Å²) in [5, 5.41) is 3.76. The first kappa shape index (κ1) is 13.4. The average molecular weight is 243 g/mol. The van der Waals surface area contributed by atoms with Crippen molar-refractivity contribution in [2.45, 2.75) is 58.0 Å². The summed E-state index contributed by atoms with van der Waals surface area (Å²) in [4.78, 5) is 0. The lowest BCUT2D eigenvalue weighted by atomic mass is 9.87. The van der Waals surface area contributed by atoms with Crippen molar-refractivity contribution in [3.8, 4) is 0 Å². The van der Waals surface area contributed by atoms with Crippen LogP contribution in [0.1, 0.15) is 52.0 Å². The minimum absolute atomic E-state index is 0.192. The number of hydrogen-bond acceptors (Lipinski definition) is 1. The molecule has 1 aliphatic rings. The Kier molecular flexibility index (Phi) is 4.23. The molecule has 1 aromatic carbocycles. The fourth-order valence-electron chi connectivity index (χ4n) is 2.66. The molecule has 18 heavy (non-hydrogen) atoms. The van der Waals surface area contributed by atoms with Gasteiger partial charge in [-0.25, -0.2) is 0 Å². The lowest BCUT2D eigenvalue weighted by Gasteiger charge is -2.33. The Bertz CT molecular complexity index is 397. The molecule has 0 heterocycles. The molecule has 98 valence electrons. The quantitative estimate of drug-likeness (QED) is 0.811. The van der Waals surface area contributed by atoms with Gasteiger partial charge < -0.3 is 5.32 Å². The van der Waals surface area contributed by atoms with Crippen LogP contribution < -0.4 is 5.32 Å². The van der Waals surface area contributed by atoms with Crippen molar-refractivity contribution >= 4 is 6.08 Å². The third-order valence-electron chi connectivity index (χ3n) is 3.41. The smallest absolute Gasteiger partial charge is 0.0287 e. The molecule has 1 heteroatoms. The molecule has 0 bridgehead atoms. The van der Waals surface area contributed by atoms with Gasteiger partial charge in [-0.3, -0.25) is 0 Å². The third-order valence-corrected chi connectivity index (χ3v) is 3.41. The summed E-state index contributed by atoms with van der Waals surface area (Å²) < 4.78 is 0. The van der Waals surface area contributed by atoms with Crippen LogP contribution >= 0.6 is 0 Å². The molecule has 0 spiro atoms. The first-order valence-electron chi connectivity index (χ1n) is 7.08. The van der Waals surface area contributed by atoms with E-state index < -0.39 is 0 Å². The normalized spacial score (nSPS) is 23.3. The molecule has 0 amide bonds. The maximum atomic E-state index is 3.76. The second kappa shape index (κ2) is 5.71. The monoisotopic (exact) mass is 243 g/mol. The zero-order chi connectivity index (χ0) is 13.0. The summed E-state index contributed by atoms with van der Waals surface area (Å²) >= 11 is 0. The van der Waals surface area contributed by atoms with E-state index >= 15 is 0 Å². The lowest BCUT2D eigenvalue weighted by molar-refractivity contribution is 0.345. The van der Waals surface area contributed by atoms with Crippen LogP contribution in [0, 0.1) is 0 Å². The molecule has 1 aromatic rings. The highest BCUT2D eigenvalue weighted by Gasteiger charge is 2.23. The van der Waals surface area contributed by atoms with Crippen molar-refractivity contribution in [3.63, 3.8) is 0 Å². The maximum absolute atomic E-state index is 3.76. The number of rotatable bonds is 2. The highest BCUT2D eigenvalue weighted by Crippen LogP contribution is 2.27. The van der Waals surface area contributed by atoms with Crippen LogP contribution in [0.15, 0.2) is 35.9 Å². The molecule has 1 atom stereocenters. The van der Waals surface area contributed by atoms with Crippen LogP contribution in [0.2, 0.25) is 0 Å². The second-order valence-electron chi connectivity index (χ2n) is 6.32. The number of benzene rings is 1. The summed E-state index contributed by atoms with van der Waals surface area (Å²) in [6, 6.07) is 11.2. The van der Waals surface area contributed by atoms with Gasteiger partial charge in [-0.2, -0.15) is 0 Å². The standard InChI is InChI=1S/C17H25N/c1-17(2,3)18-16-12-8-7-11-15(16)13-14-9-5-4-6-10-14/h4-6,9-10,13,16,18H,7-8,11-12H2,1-3H3/b15-13-. The lowest BCUT2D eigenvalue weighted by Crippen LogP contribution is -2.45. The van der Waals surface area contributed by atoms with Gasteiger partial charge in [-0.15, -0.1) is 0 Å². The van der Waals surface area contributed by atoms with Crippen molar-refractivity contribution in [3.05, 3.63) is 41.5 Å². The van der Waals surface area contributed by atoms with Gasteiger partial charge in [0.2, 0.25) is 0 Å². The number of hydrogen-bond donors (Lipinski definition) is 1. The SMILES string of the molecule is CC(C)(C)NC1CCCC/C1=C/c1ccccc1. The minimum Gasteiger partial charge on any atom is -0.306 e. The molecule has 1 unspecified atom stereocenters. The topological polar surface area (TPSA) is 12.0 Å². The Morgan fingerprint density at radius 1 is 1.11 bits per heavy atom. The van der Waals surface area contributed by atoms with E-state index in [0.717, 1.165) is 0 Å². The summed E-state index contributed by atoms with van der Waals surface area (Å²) in [6.45, 7) is 6.76. The summed E-state index contributed by atoms with van der Waals surface area (Å²) in [5.74, 6) is 0. The van der Waals surface area contributed by atoms with Gasteiger partial charge in [-0.05, 0) is 45.6 Å². The molecule has 1 N–H and O–H groups in total. The van der Waals surface area contributed by atoms with Crippen molar-refractivity contribution in [1.82, 2.24) is 5.32 Å². The van der Waals surface area contributed by atoms with Crippen LogP contribution in [0.25, 0.3) is 6.08 Å². The van der Waals surface area contributed by atoms with E-state index in [1.807, 2.05) is 0 Å². The van der Waals surface area contributed by atoms with Gasteiger partial charge in [0, 0.05) is 11.6 Å². The second-order valence-corrected chi connectivity index (χ2v) is 6.32. The van der Waals surface area contributed by atoms with Crippen LogP contribution in [-0.4, -0.2) is 11.6 Å². The Balaban J connectivity index is 2.15. The van der Waals surface area contributed by atoms with E-state index in [2.05, 4.69) is 62.5 Å². The third kappa shape index (κ3) is 3.99. The first-order valence-corrected chi connectivity index (χ1v) is 7.08. The van der Waals surface area contributed by atoms with Crippen molar-refractivity contribution < 1.29 is 0 Å². The van der Waals surface area contributed by atoms with E-state index in [1.165, 1.54) is 31.2 Å². The van der Waals surface area contributed by atoms with E-state index in [1.54, 1.807) is 5.57 Å². The van der Waals surface area contributed by atoms with Crippen LogP contribution in [-0.2, 0) is 0 Å². The molecule has 1 aliphatic carbocycles. The summed E-state index contributed by atoms with van der Waals surface area (Å²) in [6.07, 6.45) is 7.57. The molecular weight excluding hydrogens is 218 g/mol. The van der Waals surface area contributed by atoms with Crippen LogP contribution in [0.5, 0.6) is 0 Å². The van der Waals surface area contributed by atoms with Crippen molar-refractivity contribution in [1.29, 1.82) is 0 Å². The molecule has 1 saturated carbocycles. The largest absolute Gasteiger partial charge is 0.306 e. The van der Waals surface area contributed by atoms with Gasteiger partial charge >= 0.3 is 0 Å². The van der Waals surface area contributed by atoms with Gasteiger partial charge in [0.15, 0.2) is 0 Å². The van der Waals surface area contributed by atoms with Crippen molar-refractivity contribution in [2.75, 3.05) is 0 Å². The van der Waals surface area contributed by atoms with Crippen molar-refractivity contribution in [2.24, 2.45) is 0 Å². The predicted molar refractivity (Wildman–Crippen MR) is 79.6 cm³/mol. The fourth-order valence-corrected chi connectivity index (χ4v) is 2.66. The molecule has 1 nitrogen and oxygen atoms in total. The van der Waals surface area contributed by atoms with E-state index in [4.69, 9.17) is 0 Å². The molecule has 0 aliphatic heterocycles. The summed E-state index contributed by atoms with van der Waals surface area (Å²) in [7, 11) is 0. The first-order chi connectivity index (χ1) is 8.54. The zero-order valence-electron chi connectivity index (χ0n) is 11.9. The summed E-state index contributed by atoms with van der Waals surface area (Å²) in [5.41, 5.74) is 3.09. The Hall–Kier alpha value is -1.08. The van der Waals surface area contributed by atoms with Gasteiger partial charge in [-0.1, -0.05) is 48.4 Å². The molecular formula is C17H25N.